The highest BCUT2D eigenvalue weighted by atomic mass is 19.1. The zero-order valence-electron chi connectivity index (χ0n) is 16.8. The molecule has 0 fully saturated rings. The Morgan fingerprint density at radius 3 is 2.56 bits per heavy atom. The SMILES string of the molecule is Nc1ncc(-c2ccnnc2)nc1-c1ccc(C(=O)NC(CO)c2ccccc2)c(F)c1. The van der Waals surface area contributed by atoms with Crippen molar-refractivity contribution in [2.75, 3.05) is 12.3 Å². The van der Waals surface area contributed by atoms with E-state index in [4.69, 9.17) is 5.73 Å². The smallest absolute Gasteiger partial charge is 0.254 e. The minimum Gasteiger partial charge on any atom is -0.394 e. The third-order valence-electron chi connectivity index (χ3n) is 4.86. The molecule has 0 aliphatic carbocycles. The molecule has 0 bridgehead atoms. The third kappa shape index (κ3) is 4.42. The summed E-state index contributed by atoms with van der Waals surface area (Å²) in [4.78, 5) is 21.2. The number of amides is 1. The first kappa shape index (κ1) is 21.0. The Balaban J connectivity index is 1.60. The van der Waals surface area contributed by atoms with Crippen molar-refractivity contribution in [2.24, 2.45) is 0 Å². The molecule has 0 aliphatic heterocycles. The van der Waals surface area contributed by atoms with E-state index in [0.29, 0.717) is 22.4 Å². The number of rotatable bonds is 6. The molecule has 2 aromatic carbocycles. The summed E-state index contributed by atoms with van der Waals surface area (Å²) in [6.45, 7) is -0.321. The van der Waals surface area contributed by atoms with Crippen LogP contribution in [0.5, 0.6) is 0 Å². The molecule has 0 saturated heterocycles. The summed E-state index contributed by atoms with van der Waals surface area (Å²) in [5, 5.41) is 19.8. The van der Waals surface area contributed by atoms with E-state index >= 15 is 0 Å². The topological polar surface area (TPSA) is 127 Å². The van der Waals surface area contributed by atoms with E-state index in [1.165, 1.54) is 30.7 Å². The number of benzene rings is 2. The Morgan fingerprint density at radius 1 is 1.06 bits per heavy atom. The lowest BCUT2D eigenvalue weighted by molar-refractivity contribution is 0.0912. The highest BCUT2D eigenvalue weighted by Gasteiger charge is 2.19. The summed E-state index contributed by atoms with van der Waals surface area (Å²) in [7, 11) is 0. The molecule has 0 spiro atoms. The van der Waals surface area contributed by atoms with E-state index in [1.807, 2.05) is 6.07 Å². The van der Waals surface area contributed by atoms with Crippen LogP contribution in [0.15, 0.2) is 73.2 Å². The molecule has 1 unspecified atom stereocenters. The van der Waals surface area contributed by atoms with Crippen LogP contribution < -0.4 is 11.1 Å². The maximum absolute atomic E-state index is 14.9. The molecule has 0 radical (unpaired) electrons. The van der Waals surface area contributed by atoms with Gasteiger partial charge >= 0.3 is 0 Å². The second-order valence-electron chi connectivity index (χ2n) is 6.93. The number of carbonyl (C=O) groups is 1. The Bertz CT molecular complexity index is 1240. The van der Waals surface area contributed by atoms with E-state index < -0.39 is 17.8 Å². The van der Waals surface area contributed by atoms with Crippen LogP contribution in [-0.2, 0) is 0 Å². The van der Waals surface area contributed by atoms with Gasteiger partial charge in [-0.2, -0.15) is 10.2 Å². The average molecular weight is 430 g/mol. The van der Waals surface area contributed by atoms with Crippen molar-refractivity contribution in [3.05, 3.63) is 90.1 Å². The number of anilines is 1. The quantitative estimate of drug-likeness (QED) is 0.429. The molecular weight excluding hydrogens is 411 g/mol. The number of halogens is 1. The second kappa shape index (κ2) is 9.27. The van der Waals surface area contributed by atoms with Gasteiger partial charge in [-0.1, -0.05) is 36.4 Å². The number of aliphatic hydroxyl groups is 1. The van der Waals surface area contributed by atoms with E-state index in [0.717, 1.165) is 0 Å². The summed E-state index contributed by atoms with van der Waals surface area (Å²) >= 11 is 0. The predicted octanol–water partition coefficient (Wildman–Crippen LogP) is 2.79. The molecule has 1 amide bonds. The van der Waals surface area contributed by atoms with Crippen LogP contribution in [0.25, 0.3) is 22.5 Å². The van der Waals surface area contributed by atoms with Gasteiger partial charge in [0.25, 0.3) is 5.91 Å². The third-order valence-corrected chi connectivity index (χ3v) is 4.86. The molecule has 4 aromatic rings. The number of nitrogens with zero attached hydrogens (tertiary/aromatic N) is 4. The summed E-state index contributed by atoms with van der Waals surface area (Å²) < 4.78 is 14.9. The first-order chi connectivity index (χ1) is 15.6. The highest BCUT2D eigenvalue weighted by Crippen LogP contribution is 2.27. The summed E-state index contributed by atoms with van der Waals surface area (Å²) in [6.07, 6.45) is 4.55. The van der Waals surface area contributed by atoms with Crippen molar-refractivity contribution >= 4 is 11.7 Å². The molecular formula is C23H19FN6O2. The number of aliphatic hydroxyl groups excluding tert-OH is 1. The van der Waals surface area contributed by atoms with Crippen LogP contribution in [0.3, 0.4) is 0 Å². The van der Waals surface area contributed by atoms with Crippen LogP contribution in [-0.4, -0.2) is 37.8 Å². The number of nitrogen functional groups attached to an aromatic ring is 1. The lowest BCUT2D eigenvalue weighted by Crippen LogP contribution is -2.31. The van der Waals surface area contributed by atoms with E-state index in [2.05, 4.69) is 25.5 Å². The van der Waals surface area contributed by atoms with Crippen molar-refractivity contribution in [1.82, 2.24) is 25.5 Å². The number of carbonyl (C=O) groups excluding carboxylic acids is 1. The molecule has 9 heteroatoms. The minimum atomic E-state index is -0.748. The van der Waals surface area contributed by atoms with Gasteiger partial charge < -0.3 is 16.2 Å². The van der Waals surface area contributed by atoms with Gasteiger partial charge in [-0.25, -0.2) is 14.4 Å². The van der Waals surface area contributed by atoms with E-state index in [1.54, 1.807) is 36.4 Å². The van der Waals surface area contributed by atoms with Gasteiger partial charge in [0.1, 0.15) is 17.3 Å². The van der Waals surface area contributed by atoms with Gasteiger partial charge in [-0.3, -0.25) is 4.79 Å². The number of hydrogen-bond donors (Lipinski definition) is 3. The van der Waals surface area contributed by atoms with Crippen LogP contribution in [0, 0.1) is 5.82 Å². The Morgan fingerprint density at radius 2 is 1.88 bits per heavy atom. The second-order valence-corrected chi connectivity index (χ2v) is 6.93. The largest absolute Gasteiger partial charge is 0.394 e. The zero-order chi connectivity index (χ0) is 22.5. The molecule has 0 saturated carbocycles. The summed E-state index contributed by atoms with van der Waals surface area (Å²) in [6, 6.07) is 14.1. The number of aromatic nitrogens is 4. The van der Waals surface area contributed by atoms with Gasteiger partial charge in [0.2, 0.25) is 0 Å². The maximum atomic E-state index is 14.9. The lowest BCUT2D eigenvalue weighted by Gasteiger charge is -2.17. The first-order valence-corrected chi connectivity index (χ1v) is 9.73. The number of nitrogens with one attached hydrogen (secondary N) is 1. The lowest BCUT2D eigenvalue weighted by atomic mass is 10.0. The van der Waals surface area contributed by atoms with Crippen LogP contribution in [0.1, 0.15) is 22.0 Å². The normalized spacial score (nSPS) is 11.7. The van der Waals surface area contributed by atoms with E-state index in [-0.39, 0.29) is 23.7 Å². The molecule has 4 rings (SSSR count). The van der Waals surface area contributed by atoms with Gasteiger partial charge in [-0.05, 0) is 23.8 Å². The van der Waals surface area contributed by atoms with Crippen LogP contribution >= 0.6 is 0 Å². The average Bonchev–Trinajstić information content (AvgIpc) is 2.83. The monoisotopic (exact) mass is 430 g/mol. The van der Waals surface area contributed by atoms with Crippen molar-refractivity contribution in [3.63, 3.8) is 0 Å². The fourth-order valence-corrected chi connectivity index (χ4v) is 3.19. The standard InChI is InChI=1S/C23H19FN6O2/c24-18-10-15(21-22(25)26-12-19(29-21)16-8-9-27-28-11-16)6-7-17(18)23(32)30-20(13-31)14-4-2-1-3-5-14/h1-12,20,31H,13H2,(H2,25,26)(H,30,32). The van der Waals surface area contributed by atoms with E-state index in [9.17, 15) is 14.3 Å². The Hall–Kier alpha value is -4.24. The van der Waals surface area contributed by atoms with Gasteiger partial charge in [0.15, 0.2) is 0 Å². The predicted molar refractivity (Wildman–Crippen MR) is 117 cm³/mol. The molecule has 8 nitrogen and oxygen atoms in total. The summed E-state index contributed by atoms with van der Waals surface area (Å²) in [5.74, 6) is -1.27. The van der Waals surface area contributed by atoms with Crippen molar-refractivity contribution < 1.29 is 14.3 Å². The van der Waals surface area contributed by atoms with Crippen molar-refractivity contribution in [2.45, 2.75) is 6.04 Å². The molecule has 32 heavy (non-hydrogen) atoms. The maximum Gasteiger partial charge on any atom is 0.254 e. The summed E-state index contributed by atoms with van der Waals surface area (Å²) in [5.41, 5.74) is 8.35. The number of nitrogens with two attached hydrogens (primary N) is 1. The molecule has 4 N–H and O–H groups in total. The first-order valence-electron chi connectivity index (χ1n) is 9.73. The van der Waals surface area contributed by atoms with Crippen molar-refractivity contribution in [3.8, 4) is 22.5 Å². The fourth-order valence-electron chi connectivity index (χ4n) is 3.19. The minimum absolute atomic E-state index is 0.122. The molecule has 2 aromatic heterocycles. The molecule has 2 heterocycles. The Labute approximate surface area is 183 Å². The number of hydrogen-bond acceptors (Lipinski definition) is 7. The van der Waals surface area contributed by atoms with Crippen molar-refractivity contribution in [1.29, 1.82) is 0 Å². The zero-order valence-corrected chi connectivity index (χ0v) is 16.8. The molecule has 0 aliphatic rings. The van der Waals surface area contributed by atoms with Crippen LogP contribution in [0.4, 0.5) is 10.2 Å². The molecule has 1 atom stereocenters. The van der Waals surface area contributed by atoms with Gasteiger partial charge in [0.05, 0.1) is 42.5 Å². The van der Waals surface area contributed by atoms with Gasteiger partial charge in [0, 0.05) is 11.1 Å². The van der Waals surface area contributed by atoms with Gasteiger partial charge in [-0.15, -0.1) is 0 Å². The molecule has 160 valence electrons. The van der Waals surface area contributed by atoms with Crippen LogP contribution in [0.2, 0.25) is 0 Å². The fraction of sp³-hybridized carbons (Fsp3) is 0.0870. The Kier molecular flexibility index (Phi) is 6.09. The highest BCUT2D eigenvalue weighted by molar-refractivity contribution is 5.95.